The second kappa shape index (κ2) is 7.94. The first-order chi connectivity index (χ1) is 13.0. The van der Waals surface area contributed by atoms with Gasteiger partial charge in [0.05, 0.1) is 5.92 Å². The first kappa shape index (κ1) is 18.5. The summed E-state index contributed by atoms with van der Waals surface area (Å²) >= 11 is 0. The molecule has 0 unspecified atom stereocenters. The number of amides is 1. The SMILES string of the molecule is Cc1nc2ncnn2c(C)c1CCC(=O)NC[C@@H](C(=O)O)c1ccccc1. The Morgan fingerprint density at radius 2 is 1.96 bits per heavy atom. The number of fused-ring (bicyclic) bond motifs is 1. The molecule has 3 aromatic rings. The maximum absolute atomic E-state index is 12.3. The van der Waals surface area contributed by atoms with Crippen LogP contribution in [0.25, 0.3) is 5.78 Å². The van der Waals surface area contributed by atoms with Gasteiger partial charge in [-0.05, 0) is 31.4 Å². The molecular formula is C19H21N5O3. The lowest BCUT2D eigenvalue weighted by atomic mass is 9.99. The smallest absolute Gasteiger partial charge is 0.312 e. The standard InChI is InChI=1S/C19H21N5O3/c1-12-15(13(2)24-19(23-12)21-11-22-24)8-9-17(25)20-10-16(18(26)27)14-6-4-3-5-7-14/h3-7,11,16H,8-10H2,1-2H3,(H,20,25)(H,26,27)/t16-/m1/s1. The largest absolute Gasteiger partial charge is 0.481 e. The quantitative estimate of drug-likeness (QED) is 0.657. The number of carbonyl (C=O) groups excluding carboxylic acids is 1. The van der Waals surface area contributed by atoms with Crippen molar-refractivity contribution in [1.29, 1.82) is 0 Å². The number of aliphatic carboxylic acids is 1. The summed E-state index contributed by atoms with van der Waals surface area (Å²) in [5.74, 6) is -1.40. The number of carboxylic acid groups (broad SMARTS) is 1. The van der Waals surface area contributed by atoms with E-state index in [2.05, 4.69) is 20.4 Å². The number of hydrogen-bond donors (Lipinski definition) is 2. The molecule has 140 valence electrons. The van der Waals surface area contributed by atoms with Gasteiger partial charge in [-0.1, -0.05) is 30.3 Å². The Labute approximate surface area is 156 Å². The topological polar surface area (TPSA) is 109 Å². The molecule has 2 N–H and O–H groups in total. The lowest BCUT2D eigenvalue weighted by molar-refractivity contribution is -0.138. The Balaban J connectivity index is 1.62. The zero-order chi connectivity index (χ0) is 19.4. The number of hydrogen-bond acceptors (Lipinski definition) is 5. The Hall–Kier alpha value is -3.29. The van der Waals surface area contributed by atoms with E-state index in [9.17, 15) is 14.7 Å². The molecule has 1 aromatic carbocycles. The van der Waals surface area contributed by atoms with Crippen LogP contribution in [0.4, 0.5) is 0 Å². The summed E-state index contributed by atoms with van der Waals surface area (Å²) < 4.78 is 1.65. The summed E-state index contributed by atoms with van der Waals surface area (Å²) in [4.78, 5) is 32.2. The van der Waals surface area contributed by atoms with Gasteiger partial charge in [0.2, 0.25) is 5.91 Å². The first-order valence-corrected chi connectivity index (χ1v) is 8.67. The highest BCUT2D eigenvalue weighted by Gasteiger charge is 2.20. The maximum atomic E-state index is 12.3. The molecule has 0 saturated heterocycles. The zero-order valence-corrected chi connectivity index (χ0v) is 15.2. The van der Waals surface area contributed by atoms with E-state index < -0.39 is 11.9 Å². The predicted octanol–water partition coefficient (Wildman–Crippen LogP) is 1.66. The third-order valence-electron chi connectivity index (χ3n) is 4.59. The molecule has 0 radical (unpaired) electrons. The summed E-state index contributed by atoms with van der Waals surface area (Å²) in [6, 6.07) is 8.89. The van der Waals surface area contributed by atoms with Crippen LogP contribution in [0, 0.1) is 13.8 Å². The minimum Gasteiger partial charge on any atom is -0.481 e. The predicted molar refractivity (Wildman–Crippen MR) is 98.4 cm³/mol. The van der Waals surface area contributed by atoms with Crippen LogP contribution in [-0.4, -0.2) is 43.1 Å². The molecule has 0 spiro atoms. The number of aryl methyl sites for hydroxylation is 2. The van der Waals surface area contributed by atoms with Gasteiger partial charge in [-0.25, -0.2) is 9.50 Å². The number of aromatic nitrogens is 4. The Bertz CT molecular complexity index is 968. The van der Waals surface area contributed by atoms with E-state index >= 15 is 0 Å². The lowest BCUT2D eigenvalue weighted by Gasteiger charge is -2.14. The van der Waals surface area contributed by atoms with E-state index in [1.54, 1.807) is 28.8 Å². The Morgan fingerprint density at radius 1 is 1.22 bits per heavy atom. The van der Waals surface area contributed by atoms with E-state index in [1.807, 2.05) is 19.9 Å². The van der Waals surface area contributed by atoms with Gasteiger partial charge in [-0.15, -0.1) is 0 Å². The molecule has 0 aliphatic heterocycles. The van der Waals surface area contributed by atoms with Crippen LogP contribution < -0.4 is 5.32 Å². The molecule has 1 atom stereocenters. The molecule has 1 amide bonds. The second-order valence-corrected chi connectivity index (χ2v) is 6.34. The lowest BCUT2D eigenvalue weighted by Crippen LogP contribution is -2.32. The average Bonchev–Trinajstić information content (AvgIpc) is 3.11. The van der Waals surface area contributed by atoms with Crippen molar-refractivity contribution in [2.45, 2.75) is 32.6 Å². The van der Waals surface area contributed by atoms with Crippen molar-refractivity contribution in [3.63, 3.8) is 0 Å². The highest BCUT2D eigenvalue weighted by Crippen LogP contribution is 2.16. The van der Waals surface area contributed by atoms with Crippen molar-refractivity contribution < 1.29 is 14.7 Å². The third kappa shape index (κ3) is 4.11. The number of nitrogens with one attached hydrogen (secondary N) is 1. The summed E-state index contributed by atoms with van der Waals surface area (Å²) in [6.07, 6.45) is 2.18. The third-order valence-corrected chi connectivity index (χ3v) is 4.59. The van der Waals surface area contributed by atoms with Crippen molar-refractivity contribution in [3.8, 4) is 0 Å². The van der Waals surface area contributed by atoms with Crippen molar-refractivity contribution >= 4 is 17.7 Å². The minimum atomic E-state index is -0.964. The molecule has 2 heterocycles. The van der Waals surface area contributed by atoms with Gasteiger partial charge >= 0.3 is 5.97 Å². The van der Waals surface area contributed by atoms with Gasteiger partial charge < -0.3 is 10.4 Å². The first-order valence-electron chi connectivity index (χ1n) is 8.67. The van der Waals surface area contributed by atoms with E-state index in [0.29, 0.717) is 17.8 Å². The van der Waals surface area contributed by atoms with Crippen LogP contribution in [0.1, 0.15) is 34.9 Å². The monoisotopic (exact) mass is 367 g/mol. The number of carboxylic acids is 1. The van der Waals surface area contributed by atoms with Gasteiger partial charge in [-0.2, -0.15) is 10.1 Å². The van der Waals surface area contributed by atoms with Gasteiger partial charge in [0, 0.05) is 24.4 Å². The van der Waals surface area contributed by atoms with Gasteiger partial charge in [0.25, 0.3) is 5.78 Å². The van der Waals surface area contributed by atoms with Crippen LogP contribution in [0.2, 0.25) is 0 Å². The van der Waals surface area contributed by atoms with Gasteiger partial charge in [0.15, 0.2) is 0 Å². The van der Waals surface area contributed by atoms with E-state index in [4.69, 9.17) is 0 Å². The van der Waals surface area contributed by atoms with E-state index in [-0.39, 0.29) is 18.9 Å². The Morgan fingerprint density at radius 3 is 2.67 bits per heavy atom. The molecule has 27 heavy (non-hydrogen) atoms. The van der Waals surface area contributed by atoms with E-state index in [1.165, 1.54) is 6.33 Å². The number of rotatable bonds is 7. The molecule has 0 fully saturated rings. The number of benzene rings is 1. The highest BCUT2D eigenvalue weighted by molar-refractivity contribution is 5.80. The molecule has 0 aliphatic rings. The summed E-state index contributed by atoms with van der Waals surface area (Å²) in [6.45, 7) is 3.85. The van der Waals surface area contributed by atoms with Crippen molar-refractivity contribution in [1.82, 2.24) is 24.9 Å². The van der Waals surface area contributed by atoms with Crippen molar-refractivity contribution in [2.75, 3.05) is 6.54 Å². The maximum Gasteiger partial charge on any atom is 0.312 e. The molecular weight excluding hydrogens is 346 g/mol. The summed E-state index contributed by atoms with van der Waals surface area (Å²) in [5.41, 5.74) is 3.32. The van der Waals surface area contributed by atoms with Crippen LogP contribution >= 0.6 is 0 Å². The molecule has 0 saturated carbocycles. The summed E-state index contributed by atoms with van der Waals surface area (Å²) in [7, 11) is 0. The van der Waals surface area contributed by atoms with Crippen molar-refractivity contribution in [3.05, 3.63) is 59.2 Å². The van der Waals surface area contributed by atoms with Crippen LogP contribution in [-0.2, 0) is 16.0 Å². The molecule has 0 aliphatic carbocycles. The fraction of sp³-hybridized carbons (Fsp3) is 0.316. The fourth-order valence-corrected chi connectivity index (χ4v) is 3.09. The molecule has 3 rings (SSSR count). The van der Waals surface area contributed by atoms with Gasteiger partial charge in [0.1, 0.15) is 6.33 Å². The van der Waals surface area contributed by atoms with Crippen LogP contribution in [0.3, 0.4) is 0 Å². The van der Waals surface area contributed by atoms with Crippen molar-refractivity contribution in [2.24, 2.45) is 0 Å². The van der Waals surface area contributed by atoms with Crippen LogP contribution in [0.5, 0.6) is 0 Å². The van der Waals surface area contributed by atoms with Gasteiger partial charge in [-0.3, -0.25) is 9.59 Å². The Kier molecular flexibility index (Phi) is 5.44. The minimum absolute atomic E-state index is 0.0521. The number of carbonyl (C=O) groups is 2. The molecule has 8 nitrogen and oxygen atoms in total. The second-order valence-electron chi connectivity index (χ2n) is 6.34. The van der Waals surface area contributed by atoms with E-state index in [0.717, 1.165) is 17.0 Å². The molecule has 2 aromatic heterocycles. The normalized spacial score (nSPS) is 12.1. The molecule has 0 bridgehead atoms. The highest BCUT2D eigenvalue weighted by atomic mass is 16.4. The molecule has 8 heteroatoms. The van der Waals surface area contributed by atoms with Crippen LogP contribution in [0.15, 0.2) is 36.7 Å². The average molecular weight is 367 g/mol. The fourth-order valence-electron chi connectivity index (χ4n) is 3.09. The number of nitrogens with zero attached hydrogens (tertiary/aromatic N) is 4. The summed E-state index contributed by atoms with van der Waals surface area (Å²) in [5, 5.41) is 16.3. The zero-order valence-electron chi connectivity index (χ0n) is 15.2.